The number of rotatable bonds is 6. The fraction of sp³-hybridized carbons (Fsp3) is 0.227. The molecule has 150 valence electrons. The van der Waals surface area contributed by atoms with E-state index in [0.717, 1.165) is 11.1 Å². The van der Waals surface area contributed by atoms with Gasteiger partial charge in [-0.2, -0.15) is 0 Å². The number of carbonyl (C=O) groups is 2. The molecule has 0 saturated carbocycles. The number of nitrogens with one attached hydrogen (secondary N) is 1. The Balaban J connectivity index is 1.85. The van der Waals surface area contributed by atoms with Crippen LogP contribution in [0, 0.1) is 13.8 Å². The van der Waals surface area contributed by atoms with Gasteiger partial charge in [-0.3, -0.25) is 4.79 Å². The minimum absolute atomic E-state index is 0.0459. The lowest BCUT2D eigenvalue weighted by Crippen LogP contribution is -2.43. The van der Waals surface area contributed by atoms with Crippen molar-refractivity contribution in [3.63, 3.8) is 0 Å². The Morgan fingerprint density at radius 1 is 1.14 bits per heavy atom. The number of carboxylic acids is 1. The van der Waals surface area contributed by atoms with Gasteiger partial charge in [0.15, 0.2) is 0 Å². The molecule has 1 atom stereocenters. The van der Waals surface area contributed by atoms with E-state index in [4.69, 9.17) is 4.42 Å². The first-order valence-corrected chi connectivity index (χ1v) is 9.08. The van der Waals surface area contributed by atoms with E-state index < -0.39 is 23.5 Å². The van der Waals surface area contributed by atoms with E-state index in [9.17, 15) is 24.6 Å². The summed E-state index contributed by atoms with van der Waals surface area (Å²) >= 11 is 0. The molecule has 0 radical (unpaired) electrons. The third-order valence-corrected chi connectivity index (χ3v) is 4.76. The highest BCUT2D eigenvalue weighted by Gasteiger charge is 2.23. The Morgan fingerprint density at radius 2 is 1.83 bits per heavy atom. The van der Waals surface area contributed by atoms with Crippen molar-refractivity contribution in [3.05, 3.63) is 75.1 Å². The van der Waals surface area contributed by atoms with Crippen molar-refractivity contribution in [1.82, 2.24) is 5.32 Å². The standard InChI is InChI=1S/C22H21NO6/c1-12-8-17(24)20-13(2)15(22(28)29-18(20)9-12)11-19(25)23-16(21(26)27)10-14-6-4-3-5-7-14/h3-9,16,24H,10-11H2,1-2H3,(H,23,25)(H,26,27)/t16-/m1/s1. The molecule has 3 aromatic rings. The second kappa shape index (κ2) is 8.18. The molecular formula is C22H21NO6. The first-order chi connectivity index (χ1) is 13.8. The van der Waals surface area contributed by atoms with Gasteiger partial charge in [0.05, 0.1) is 17.4 Å². The van der Waals surface area contributed by atoms with E-state index in [1.807, 2.05) is 6.07 Å². The molecule has 3 rings (SSSR count). The van der Waals surface area contributed by atoms with Gasteiger partial charge in [0, 0.05) is 6.42 Å². The molecule has 1 amide bonds. The zero-order valence-electron chi connectivity index (χ0n) is 16.1. The minimum atomic E-state index is -1.17. The second-order valence-corrected chi connectivity index (χ2v) is 6.98. The number of aliphatic carboxylic acids is 1. The Kier molecular flexibility index (Phi) is 5.68. The van der Waals surface area contributed by atoms with Crippen LogP contribution >= 0.6 is 0 Å². The molecule has 0 saturated heterocycles. The molecule has 0 aliphatic heterocycles. The molecule has 1 aromatic heterocycles. The number of hydrogen-bond donors (Lipinski definition) is 3. The van der Waals surface area contributed by atoms with Crippen LogP contribution in [-0.2, 0) is 22.4 Å². The number of carboxylic acid groups (broad SMARTS) is 1. The molecule has 0 spiro atoms. The van der Waals surface area contributed by atoms with Gasteiger partial charge in [0.1, 0.15) is 17.4 Å². The Labute approximate surface area is 166 Å². The highest BCUT2D eigenvalue weighted by molar-refractivity contribution is 5.90. The topological polar surface area (TPSA) is 117 Å². The van der Waals surface area contributed by atoms with Crippen LogP contribution in [0.15, 0.2) is 51.7 Å². The maximum atomic E-state index is 12.5. The van der Waals surface area contributed by atoms with E-state index in [2.05, 4.69) is 5.32 Å². The van der Waals surface area contributed by atoms with Crippen molar-refractivity contribution in [2.45, 2.75) is 32.7 Å². The molecule has 1 heterocycles. The van der Waals surface area contributed by atoms with Crippen LogP contribution in [0.25, 0.3) is 11.0 Å². The predicted octanol–water partition coefficient (Wildman–Crippen LogP) is 2.47. The molecule has 0 fully saturated rings. The monoisotopic (exact) mass is 395 g/mol. The normalized spacial score (nSPS) is 11.9. The average Bonchev–Trinajstić information content (AvgIpc) is 2.64. The van der Waals surface area contributed by atoms with Gasteiger partial charge in [-0.05, 0) is 42.7 Å². The fourth-order valence-electron chi connectivity index (χ4n) is 3.32. The number of aromatic hydroxyl groups is 1. The molecule has 2 aromatic carbocycles. The van der Waals surface area contributed by atoms with Crippen molar-refractivity contribution >= 4 is 22.8 Å². The molecule has 7 heteroatoms. The molecular weight excluding hydrogens is 374 g/mol. The molecule has 3 N–H and O–H groups in total. The van der Waals surface area contributed by atoms with Crippen LogP contribution in [0.4, 0.5) is 0 Å². The van der Waals surface area contributed by atoms with Gasteiger partial charge < -0.3 is 19.9 Å². The third-order valence-electron chi connectivity index (χ3n) is 4.76. The number of hydrogen-bond acceptors (Lipinski definition) is 5. The van der Waals surface area contributed by atoms with Crippen LogP contribution in [0.3, 0.4) is 0 Å². The number of carbonyl (C=O) groups excluding carboxylic acids is 1. The predicted molar refractivity (Wildman–Crippen MR) is 107 cm³/mol. The van der Waals surface area contributed by atoms with Gasteiger partial charge in [0.25, 0.3) is 0 Å². The van der Waals surface area contributed by atoms with E-state index in [-0.39, 0.29) is 29.7 Å². The summed E-state index contributed by atoms with van der Waals surface area (Å²) < 4.78 is 5.27. The van der Waals surface area contributed by atoms with Gasteiger partial charge in [-0.25, -0.2) is 9.59 Å². The zero-order chi connectivity index (χ0) is 21.1. The summed E-state index contributed by atoms with van der Waals surface area (Å²) in [4.78, 5) is 36.4. The van der Waals surface area contributed by atoms with Gasteiger partial charge in [0.2, 0.25) is 5.91 Å². The van der Waals surface area contributed by atoms with Crippen molar-refractivity contribution in [2.24, 2.45) is 0 Å². The summed E-state index contributed by atoms with van der Waals surface area (Å²) in [5.74, 6) is -1.83. The van der Waals surface area contributed by atoms with E-state index in [1.54, 1.807) is 50.2 Å². The molecule has 7 nitrogen and oxygen atoms in total. The quantitative estimate of drug-likeness (QED) is 0.552. The van der Waals surface area contributed by atoms with Crippen LogP contribution in [-0.4, -0.2) is 28.1 Å². The molecule has 0 aliphatic carbocycles. The lowest BCUT2D eigenvalue weighted by Gasteiger charge is -2.15. The minimum Gasteiger partial charge on any atom is -0.507 e. The second-order valence-electron chi connectivity index (χ2n) is 6.98. The van der Waals surface area contributed by atoms with E-state index in [1.165, 1.54) is 0 Å². The van der Waals surface area contributed by atoms with E-state index >= 15 is 0 Å². The van der Waals surface area contributed by atoms with Gasteiger partial charge in [-0.1, -0.05) is 30.3 Å². The van der Waals surface area contributed by atoms with Gasteiger partial charge >= 0.3 is 11.6 Å². The summed E-state index contributed by atoms with van der Waals surface area (Å²) in [6, 6.07) is 11.0. The Morgan fingerprint density at radius 3 is 2.48 bits per heavy atom. The maximum Gasteiger partial charge on any atom is 0.340 e. The summed E-state index contributed by atoms with van der Waals surface area (Å²) in [6.07, 6.45) is -0.233. The van der Waals surface area contributed by atoms with Crippen LogP contribution in [0.5, 0.6) is 5.75 Å². The number of phenolic OH excluding ortho intramolecular Hbond substituents is 1. The number of fused-ring (bicyclic) bond motifs is 1. The molecule has 0 unspecified atom stereocenters. The lowest BCUT2D eigenvalue weighted by atomic mass is 10.0. The lowest BCUT2D eigenvalue weighted by molar-refractivity contribution is -0.141. The Hall–Kier alpha value is -3.61. The summed E-state index contributed by atoms with van der Waals surface area (Å²) in [5, 5.41) is 22.5. The molecule has 0 bridgehead atoms. The smallest absolute Gasteiger partial charge is 0.340 e. The van der Waals surface area contributed by atoms with Crippen molar-refractivity contribution in [1.29, 1.82) is 0 Å². The highest BCUT2D eigenvalue weighted by atomic mass is 16.4. The molecule has 29 heavy (non-hydrogen) atoms. The summed E-state index contributed by atoms with van der Waals surface area (Å²) in [5.41, 5.74) is 1.55. The van der Waals surface area contributed by atoms with Crippen molar-refractivity contribution in [3.8, 4) is 5.75 Å². The number of aryl methyl sites for hydroxylation is 2. The summed E-state index contributed by atoms with van der Waals surface area (Å²) in [7, 11) is 0. The summed E-state index contributed by atoms with van der Waals surface area (Å²) in [6.45, 7) is 3.38. The van der Waals surface area contributed by atoms with Crippen molar-refractivity contribution in [2.75, 3.05) is 0 Å². The van der Waals surface area contributed by atoms with Crippen LogP contribution in [0.1, 0.15) is 22.3 Å². The molecule has 0 aliphatic rings. The number of amides is 1. The van der Waals surface area contributed by atoms with E-state index in [0.29, 0.717) is 10.9 Å². The third kappa shape index (κ3) is 4.45. The van der Waals surface area contributed by atoms with Crippen LogP contribution < -0.4 is 10.9 Å². The zero-order valence-corrected chi connectivity index (χ0v) is 16.1. The van der Waals surface area contributed by atoms with Gasteiger partial charge in [-0.15, -0.1) is 0 Å². The first kappa shape index (κ1) is 20.1. The van der Waals surface area contributed by atoms with Crippen molar-refractivity contribution < 1.29 is 24.2 Å². The average molecular weight is 395 g/mol. The number of phenols is 1. The highest BCUT2D eigenvalue weighted by Crippen LogP contribution is 2.29. The maximum absolute atomic E-state index is 12.5. The first-order valence-electron chi connectivity index (χ1n) is 9.08. The SMILES string of the molecule is Cc1cc(O)c2c(C)c(CC(=O)N[C@H](Cc3ccccc3)C(=O)O)c(=O)oc2c1. The fourth-order valence-corrected chi connectivity index (χ4v) is 3.32. The Bertz CT molecular complexity index is 1130. The van der Waals surface area contributed by atoms with Crippen LogP contribution in [0.2, 0.25) is 0 Å². The number of benzene rings is 2. The largest absolute Gasteiger partial charge is 0.507 e.